The molecule has 0 bridgehead atoms. The zero-order valence-corrected chi connectivity index (χ0v) is 13.5. The fourth-order valence-corrected chi connectivity index (χ4v) is 2.97. The van der Waals surface area contributed by atoms with Gasteiger partial charge in [0.25, 0.3) is 0 Å². The van der Waals surface area contributed by atoms with Crippen molar-refractivity contribution in [3.63, 3.8) is 0 Å². The zero-order valence-electron chi connectivity index (χ0n) is 13.5. The molecule has 7 nitrogen and oxygen atoms in total. The van der Waals surface area contributed by atoms with E-state index in [0.717, 1.165) is 19.3 Å². The molecular weight excluding hydrogens is 284 g/mol. The van der Waals surface area contributed by atoms with Crippen molar-refractivity contribution in [2.45, 2.75) is 32.7 Å². The Bertz CT molecular complexity index is 411. The largest absolute Gasteiger partial charge is 0.342 e. The van der Waals surface area contributed by atoms with E-state index in [1.165, 1.54) is 0 Å². The van der Waals surface area contributed by atoms with Gasteiger partial charge in [-0.3, -0.25) is 9.59 Å². The van der Waals surface area contributed by atoms with Crippen molar-refractivity contribution in [3.05, 3.63) is 0 Å². The summed E-state index contributed by atoms with van der Waals surface area (Å²) >= 11 is 0. The predicted molar refractivity (Wildman–Crippen MR) is 82.2 cm³/mol. The lowest BCUT2D eigenvalue weighted by Crippen LogP contribution is -2.52. The van der Waals surface area contributed by atoms with Gasteiger partial charge in [-0.15, -0.1) is 0 Å². The van der Waals surface area contributed by atoms with Crippen LogP contribution in [-0.4, -0.2) is 78.4 Å². The van der Waals surface area contributed by atoms with Crippen molar-refractivity contribution in [1.29, 1.82) is 0 Å². The number of rotatable bonds is 3. The average molecular weight is 310 g/mol. The van der Waals surface area contributed by atoms with E-state index in [9.17, 15) is 14.4 Å². The molecule has 1 N–H and O–H groups in total. The summed E-state index contributed by atoms with van der Waals surface area (Å²) in [6.45, 7) is 7.60. The highest BCUT2D eigenvalue weighted by molar-refractivity contribution is 5.80. The van der Waals surface area contributed by atoms with Gasteiger partial charge in [-0.25, -0.2) is 4.79 Å². The Labute approximate surface area is 131 Å². The molecule has 7 heteroatoms. The van der Waals surface area contributed by atoms with Gasteiger partial charge >= 0.3 is 6.03 Å². The Kier molecular flexibility index (Phi) is 5.63. The molecule has 22 heavy (non-hydrogen) atoms. The first-order valence-electron chi connectivity index (χ1n) is 8.05. The number of likely N-dealkylation sites (tertiary alicyclic amines) is 1. The third-order valence-electron chi connectivity index (χ3n) is 4.32. The molecule has 0 radical (unpaired) electrons. The first-order chi connectivity index (χ1) is 10.5. The number of piperidine rings is 1. The molecule has 2 heterocycles. The number of nitrogens with zero attached hydrogens (tertiary/aromatic N) is 3. The van der Waals surface area contributed by atoms with Gasteiger partial charge in [0.1, 0.15) is 0 Å². The predicted octanol–water partition coefficient (Wildman–Crippen LogP) is 0.117. The van der Waals surface area contributed by atoms with Crippen LogP contribution in [0.2, 0.25) is 0 Å². The molecule has 2 rings (SSSR count). The lowest BCUT2D eigenvalue weighted by atomic mass is 9.95. The highest BCUT2D eigenvalue weighted by atomic mass is 16.2. The van der Waals surface area contributed by atoms with E-state index in [1.807, 2.05) is 18.7 Å². The van der Waals surface area contributed by atoms with Gasteiger partial charge < -0.3 is 20.0 Å². The fraction of sp³-hybridized carbons (Fsp3) is 0.800. The van der Waals surface area contributed by atoms with Crippen LogP contribution in [0, 0.1) is 5.92 Å². The van der Waals surface area contributed by atoms with Gasteiger partial charge in [-0.2, -0.15) is 0 Å². The molecule has 0 atom stereocenters. The van der Waals surface area contributed by atoms with Crippen molar-refractivity contribution in [3.8, 4) is 0 Å². The number of urea groups is 1. The quantitative estimate of drug-likeness (QED) is 0.752. The second-order valence-electron chi connectivity index (χ2n) is 6.33. The van der Waals surface area contributed by atoms with Crippen LogP contribution < -0.4 is 5.32 Å². The molecule has 2 saturated heterocycles. The van der Waals surface area contributed by atoms with Crippen molar-refractivity contribution >= 4 is 18.3 Å². The third-order valence-corrected chi connectivity index (χ3v) is 4.32. The van der Waals surface area contributed by atoms with Crippen LogP contribution in [0.25, 0.3) is 0 Å². The molecule has 0 spiro atoms. The van der Waals surface area contributed by atoms with E-state index >= 15 is 0 Å². The second-order valence-corrected chi connectivity index (χ2v) is 6.33. The van der Waals surface area contributed by atoms with E-state index in [2.05, 4.69) is 5.32 Å². The summed E-state index contributed by atoms with van der Waals surface area (Å²) in [5.41, 5.74) is 0. The number of piperazine rings is 1. The van der Waals surface area contributed by atoms with E-state index < -0.39 is 0 Å². The van der Waals surface area contributed by atoms with Crippen LogP contribution in [0.15, 0.2) is 0 Å². The first kappa shape index (κ1) is 16.6. The van der Waals surface area contributed by atoms with Crippen molar-refractivity contribution in [2.75, 3.05) is 39.3 Å². The highest BCUT2D eigenvalue weighted by Crippen LogP contribution is 2.20. The molecular formula is C15H26N4O3. The van der Waals surface area contributed by atoms with Crippen LogP contribution in [0.5, 0.6) is 0 Å². The van der Waals surface area contributed by atoms with E-state index in [1.54, 1.807) is 9.80 Å². The minimum absolute atomic E-state index is 0.00545. The second kappa shape index (κ2) is 7.47. The number of nitrogens with one attached hydrogen (secondary N) is 1. The fourth-order valence-electron chi connectivity index (χ4n) is 2.97. The normalized spacial score (nSPS) is 20.2. The van der Waals surface area contributed by atoms with Gasteiger partial charge in [0, 0.05) is 51.2 Å². The molecule has 124 valence electrons. The van der Waals surface area contributed by atoms with Gasteiger partial charge in [-0.05, 0) is 26.7 Å². The van der Waals surface area contributed by atoms with Crippen LogP contribution in [0.1, 0.15) is 26.7 Å². The Balaban J connectivity index is 1.78. The first-order valence-corrected chi connectivity index (χ1v) is 8.05. The Morgan fingerprint density at radius 1 is 1.00 bits per heavy atom. The van der Waals surface area contributed by atoms with Crippen LogP contribution in [0.4, 0.5) is 4.79 Å². The number of carbonyl (C=O) groups excluding carboxylic acids is 3. The summed E-state index contributed by atoms with van der Waals surface area (Å²) in [6.07, 6.45) is 2.28. The number of hydrogen-bond acceptors (Lipinski definition) is 3. The van der Waals surface area contributed by atoms with E-state index in [-0.39, 0.29) is 23.9 Å². The minimum atomic E-state index is -0.0412. The monoisotopic (exact) mass is 310 g/mol. The van der Waals surface area contributed by atoms with Crippen molar-refractivity contribution in [2.24, 2.45) is 5.92 Å². The Morgan fingerprint density at radius 2 is 1.59 bits per heavy atom. The number of amides is 4. The van der Waals surface area contributed by atoms with Crippen molar-refractivity contribution in [1.82, 2.24) is 20.0 Å². The molecule has 0 aliphatic carbocycles. The van der Waals surface area contributed by atoms with Crippen molar-refractivity contribution < 1.29 is 14.4 Å². The maximum Gasteiger partial charge on any atom is 0.317 e. The molecule has 2 aliphatic heterocycles. The van der Waals surface area contributed by atoms with Crippen LogP contribution in [-0.2, 0) is 9.59 Å². The van der Waals surface area contributed by atoms with Gasteiger partial charge in [0.15, 0.2) is 0 Å². The molecule has 2 aliphatic rings. The number of carbonyl (C=O) groups is 3. The molecule has 0 saturated carbocycles. The summed E-state index contributed by atoms with van der Waals surface area (Å²) in [6, 6.07) is 0.0847. The Morgan fingerprint density at radius 3 is 2.09 bits per heavy atom. The smallest absolute Gasteiger partial charge is 0.317 e. The molecule has 0 aromatic rings. The molecule has 0 aromatic carbocycles. The minimum Gasteiger partial charge on any atom is -0.342 e. The highest BCUT2D eigenvalue weighted by Gasteiger charge is 2.31. The summed E-state index contributed by atoms with van der Waals surface area (Å²) in [7, 11) is 0. The summed E-state index contributed by atoms with van der Waals surface area (Å²) in [4.78, 5) is 40.5. The van der Waals surface area contributed by atoms with Crippen LogP contribution in [0.3, 0.4) is 0 Å². The third kappa shape index (κ3) is 4.11. The standard InChI is InChI=1S/C15H26N4O3/c1-12(2)16-15(22)19-5-3-13(4-6-19)14(21)18-9-7-17(11-20)8-10-18/h11-13H,3-10H2,1-2H3,(H,16,22). The summed E-state index contributed by atoms with van der Waals surface area (Å²) in [5.74, 6) is 0.181. The molecule has 0 unspecified atom stereocenters. The van der Waals surface area contributed by atoms with Gasteiger partial charge in [0.2, 0.25) is 12.3 Å². The summed E-state index contributed by atoms with van der Waals surface area (Å²) in [5, 5.41) is 2.88. The average Bonchev–Trinajstić information content (AvgIpc) is 2.54. The maximum absolute atomic E-state index is 12.5. The molecule has 0 aromatic heterocycles. The SMILES string of the molecule is CC(C)NC(=O)N1CCC(C(=O)N2CCN(C=O)CC2)CC1. The van der Waals surface area contributed by atoms with Crippen LogP contribution >= 0.6 is 0 Å². The van der Waals surface area contributed by atoms with E-state index in [4.69, 9.17) is 0 Å². The van der Waals surface area contributed by atoms with Gasteiger partial charge in [-0.1, -0.05) is 0 Å². The number of hydrogen-bond donors (Lipinski definition) is 1. The maximum atomic E-state index is 12.5. The van der Waals surface area contributed by atoms with E-state index in [0.29, 0.717) is 39.3 Å². The lowest BCUT2D eigenvalue weighted by Gasteiger charge is -2.37. The lowest BCUT2D eigenvalue weighted by molar-refractivity contribution is -0.140. The molecule has 4 amide bonds. The topological polar surface area (TPSA) is 73.0 Å². The summed E-state index contributed by atoms with van der Waals surface area (Å²) < 4.78 is 0. The van der Waals surface area contributed by atoms with Gasteiger partial charge in [0.05, 0.1) is 0 Å². The molecule has 2 fully saturated rings. The Hall–Kier alpha value is -1.79. The zero-order chi connectivity index (χ0) is 16.1.